The van der Waals surface area contributed by atoms with Gasteiger partial charge in [0.05, 0.1) is 24.9 Å². The lowest BCUT2D eigenvalue weighted by molar-refractivity contribution is -0.214. The third-order valence-electron chi connectivity index (χ3n) is 8.01. The van der Waals surface area contributed by atoms with Crippen molar-refractivity contribution in [3.8, 4) is 11.3 Å². The molecular formula is C27H28F6N6O6. The second-order valence-corrected chi connectivity index (χ2v) is 10.9. The summed E-state index contributed by atoms with van der Waals surface area (Å²) in [6, 6.07) is -1.29. The van der Waals surface area contributed by atoms with Gasteiger partial charge in [-0.3, -0.25) is 4.79 Å². The van der Waals surface area contributed by atoms with E-state index in [1.807, 2.05) is 0 Å². The zero-order valence-corrected chi connectivity index (χ0v) is 23.2. The van der Waals surface area contributed by atoms with Gasteiger partial charge in [-0.2, -0.15) is 13.2 Å². The van der Waals surface area contributed by atoms with Crippen LogP contribution < -0.4 is 0 Å². The van der Waals surface area contributed by atoms with Crippen molar-refractivity contribution in [2.75, 3.05) is 6.61 Å². The van der Waals surface area contributed by atoms with Gasteiger partial charge in [-0.05, 0) is 25.0 Å². The Balaban J connectivity index is 1.50. The van der Waals surface area contributed by atoms with Gasteiger partial charge in [-0.25, -0.2) is 27.8 Å². The summed E-state index contributed by atoms with van der Waals surface area (Å²) >= 11 is 0. The number of ether oxygens (including phenoxy) is 1. The smallest absolute Gasteiger partial charge is 0.394 e. The first-order chi connectivity index (χ1) is 21.3. The highest BCUT2D eigenvalue weighted by Crippen LogP contribution is 2.36. The number of amides is 1. The van der Waals surface area contributed by atoms with Gasteiger partial charge in [0.2, 0.25) is 0 Å². The Morgan fingerprint density at radius 3 is 2.40 bits per heavy atom. The maximum Gasteiger partial charge on any atom is 0.433 e. The number of carbonyl (C=O) groups is 1. The van der Waals surface area contributed by atoms with Crippen LogP contribution in [-0.4, -0.2) is 99.4 Å². The first-order valence-corrected chi connectivity index (χ1v) is 13.9. The molecule has 2 fully saturated rings. The van der Waals surface area contributed by atoms with Crippen LogP contribution in [0.3, 0.4) is 0 Å². The summed E-state index contributed by atoms with van der Waals surface area (Å²) in [4.78, 5) is 22.0. The Labute approximate surface area is 250 Å². The predicted molar refractivity (Wildman–Crippen MR) is 138 cm³/mol. The van der Waals surface area contributed by atoms with Crippen molar-refractivity contribution in [1.29, 1.82) is 0 Å². The Hall–Kier alpha value is -3.71. The maximum atomic E-state index is 14.1. The molecule has 0 unspecified atom stereocenters. The maximum absolute atomic E-state index is 14.1. The Morgan fingerprint density at radius 1 is 1.07 bits per heavy atom. The van der Waals surface area contributed by atoms with Crippen molar-refractivity contribution in [2.45, 2.75) is 81.0 Å². The molecule has 0 radical (unpaired) electrons. The van der Waals surface area contributed by atoms with Gasteiger partial charge in [0.15, 0.2) is 29.2 Å². The molecular weight excluding hydrogens is 618 g/mol. The van der Waals surface area contributed by atoms with Crippen LogP contribution >= 0.6 is 0 Å². The van der Waals surface area contributed by atoms with Gasteiger partial charge in [-0.15, -0.1) is 5.10 Å². The van der Waals surface area contributed by atoms with Crippen LogP contribution in [0.1, 0.15) is 43.0 Å². The molecule has 45 heavy (non-hydrogen) atoms. The van der Waals surface area contributed by atoms with Crippen molar-refractivity contribution in [1.82, 2.24) is 29.9 Å². The largest absolute Gasteiger partial charge is 0.433 e. The highest BCUT2D eigenvalue weighted by atomic mass is 19.4. The topological polar surface area (TPSA) is 167 Å². The average molecular weight is 647 g/mol. The number of halogens is 6. The van der Waals surface area contributed by atoms with E-state index >= 15 is 0 Å². The highest BCUT2D eigenvalue weighted by molar-refractivity contribution is 5.82. The molecule has 3 heterocycles. The molecule has 1 saturated heterocycles. The molecule has 1 saturated carbocycles. The van der Waals surface area contributed by atoms with Gasteiger partial charge in [0, 0.05) is 23.9 Å². The number of hydrogen-bond donors (Lipinski definition) is 4. The second-order valence-electron chi connectivity index (χ2n) is 10.9. The first kappa shape index (κ1) is 32.7. The van der Waals surface area contributed by atoms with E-state index in [1.54, 1.807) is 0 Å². The minimum atomic E-state index is -4.91. The lowest BCUT2D eigenvalue weighted by Gasteiger charge is -2.45. The molecule has 4 N–H and O–H groups in total. The lowest BCUT2D eigenvalue weighted by atomic mass is 9.88. The number of alkyl halides is 3. The van der Waals surface area contributed by atoms with Crippen LogP contribution in [0.5, 0.6) is 0 Å². The number of aliphatic hydroxyl groups excluding tert-OH is 4. The number of nitrogens with zero attached hydrogens (tertiary/aromatic N) is 6. The number of benzene rings is 1. The Bertz CT molecular complexity index is 1500. The minimum Gasteiger partial charge on any atom is -0.394 e. The quantitative estimate of drug-likeness (QED) is 0.218. The normalized spacial score (nSPS) is 27.4. The fraction of sp³-hybridized carbons (Fsp3) is 0.519. The molecule has 1 aromatic carbocycles. The third-order valence-corrected chi connectivity index (χ3v) is 8.01. The Kier molecular flexibility index (Phi) is 9.41. The molecule has 3 aromatic rings. The van der Waals surface area contributed by atoms with Gasteiger partial charge >= 0.3 is 6.18 Å². The highest BCUT2D eigenvalue weighted by Gasteiger charge is 2.51. The summed E-state index contributed by atoms with van der Waals surface area (Å²) in [5.41, 5.74) is -2.26. The fourth-order valence-corrected chi connectivity index (χ4v) is 5.77. The fourth-order valence-electron chi connectivity index (χ4n) is 5.77. The second kappa shape index (κ2) is 13.0. The first-order valence-electron chi connectivity index (χ1n) is 13.9. The number of hydrogen-bond acceptors (Lipinski definition) is 10. The molecule has 1 aliphatic heterocycles. The van der Waals surface area contributed by atoms with Crippen LogP contribution in [0.25, 0.3) is 11.3 Å². The molecule has 7 atom stereocenters. The van der Waals surface area contributed by atoms with Crippen molar-refractivity contribution in [3.63, 3.8) is 0 Å². The van der Waals surface area contributed by atoms with E-state index in [2.05, 4.69) is 20.3 Å². The molecule has 5 rings (SSSR count). The van der Waals surface area contributed by atoms with E-state index in [4.69, 9.17) is 4.74 Å². The summed E-state index contributed by atoms with van der Waals surface area (Å²) in [6.45, 7) is -1.60. The van der Waals surface area contributed by atoms with Crippen molar-refractivity contribution in [2.24, 2.45) is 0 Å². The van der Waals surface area contributed by atoms with Gasteiger partial charge in [-0.1, -0.05) is 18.1 Å². The minimum absolute atomic E-state index is 0.206. The molecule has 0 bridgehead atoms. The third kappa shape index (κ3) is 6.51. The van der Waals surface area contributed by atoms with Crippen molar-refractivity contribution in [3.05, 3.63) is 59.6 Å². The predicted octanol–water partition coefficient (Wildman–Crippen LogP) is 1.53. The SMILES string of the molecule is O=C([C@@H]1O[C@H](CO)[C@H](O)[C@H](n2cc(-c3cc(F)c(F)c(F)c3)nn2)[C@H]1O)N(Cc1cncnc1C(F)(F)F)[C@H]1CCCC[C@@H]1O. The molecule has 1 amide bonds. The number of carbonyl (C=O) groups excluding carboxylic acids is 1. The van der Waals surface area contributed by atoms with Crippen molar-refractivity contribution < 1.29 is 56.3 Å². The summed E-state index contributed by atoms with van der Waals surface area (Å²) < 4.78 is 88.8. The van der Waals surface area contributed by atoms with Crippen LogP contribution in [-0.2, 0) is 22.3 Å². The summed E-state index contributed by atoms with van der Waals surface area (Å²) in [6.07, 6.45) is -8.97. The van der Waals surface area contributed by atoms with Gasteiger partial charge < -0.3 is 30.1 Å². The van der Waals surface area contributed by atoms with E-state index in [-0.39, 0.29) is 24.1 Å². The van der Waals surface area contributed by atoms with E-state index in [9.17, 15) is 51.6 Å². The average Bonchev–Trinajstić information content (AvgIpc) is 3.48. The van der Waals surface area contributed by atoms with E-state index in [1.165, 1.54) is 0 Å². The molecule has 2 aromatic heterocycles. The molecule has 18 heteroatoms. The van der Waals surface area contributed by atoms with E-state index in [0.29, 0.717) is 31.3 Å². The van der Waals surface area contributed by atoms with Crippen LogP contribution in [0.2, 0.25) is 0 Å². The zero-order chi connectivity index (χ0) is 32.6. The van der Waals surface area contributed by atoms with Crippen LogP contribution in [0.4, 0.5) is 26.3 Å². The zero-order valence-electron chi connectivity index (χ0n) is 23.2. The number of aliphatic hydroxyl groups is 4. The van der Waals surface area contributed by atoms with E-state index in [0.717, 1.165) is 22.0 Å². The van der Waals surface area contributed by atoms with Crippen LogP contribution in [0, 0.1) is 17.5 Å². The van der Waals surface area contributed by atoms with Crippen LogP contribution in [0.15, 0.2) is 30.9 Å². The molecule has 2 aliphatic rings. The summed E-state index contributed by atoms with van der Waals surface area (Å²) in [7, 11) is 0. The Morgan fingerprint density at radius 2 is 1.76 bits per heavy atom. The van der Waals surface area contributed by atoms with E-state index < -0.39 is 96.5 Å². The molecule has 244 valence electrons. The summed E-state index contributed by atoms with van der Waals surface area (Å²) in [5, 5.41) is 50.5. The van der Waals surface area contributed by atoms with Gasteiger partial charge in [0.1, 0.15) is 36.4 Å². The lowest BCUT2D eigenvalue weighted by Crippen LogP contribution is -2.62. The van der Waals surface area contributed by atoms with Gasteiger partial charge in [0.25, 0.3) is 5.91 Å². The number of rotatable bonds is 7. The monoisotopic (exact) mass is 646 g/mol. The van der Waals surface area contributed by atoms with Crippen molar-refractivity contribution >= 4 is 5.91 Å². The molecule has 1 aliphatic carbocycles. The number of aromatic nitrogens is 5. The standard InChI is InChI=1S/C27H28F6N6O6/c28-14-5-12(6-15(29)20(14)30)16-9-39(37-36-16)21-22(42)19(10-40)45-24(23(21)43)26(44)38(17-3-1-2-4-18(17)41)8-13-7-34-11-35-25(13)27(31,32)33/h5-7,9,11,17-19,21-24,40-43H,1-4,8,10H2/t17-,18-,19+,21-,22-,23+,24+/m0/s1. The molecule has 0 spiro atoms. The molecule has 12 nitrogen and oxygen atoms in total. The summed E-state index contributed by atoms with van der Waals surface area (Å²) in [5.74, 6) is -5.81.